The third kappa shape index (κ3) is 23.2. The molecular formula is C4H4Br4Cl4. The highest BCUT2D eigenvalue weighted by atomic mass is 80.0. The summed E-state index contributed by atoms with van der Waals surface area (Å²) in [4.78, 5) is 0. The molecule has 0 aliphatic heterocycles. The highest BCUT2D eigenvalue weighted by Crippen LogP contribution is 2.34. The molecule has 0 saturated heterocycles. The first-order valence-electron chi connectivity index (χ1n) is 2.38. The minimum absolute atomic E-state index is 0.0394. The van der Waals surface area contributed by atoms with Gasteiger partial charge in [0.05, 0.1) is 5.88 Å². The molecule has 0 radical (unpaired) electrons. The highest BCUT2D eigenvalue weighted by molar-refractivity contribution is 9.40. The van der Waals surface area contributed by atoms with Gasteiger partial charge in [0, 0.05) is 5.33 Å². The lowest BCUT2D eigenvalue weighted by Crippen LogP contribution is -2.01. The van der Waals surface area contributed by atoms with Crippen LogP contribution in [-0.2, 0) is 0 Å². The summed E-state index contributed by atoms with van der Waals surface area (Å²) >= 11 is 33.5. The lowest BCUT2D eigenvalue weighted by atomic mass is 10.9. The molecule has 8 heteroatoms. The Labute approximate surface area is 126 Å². The minimum Gasteiger partial charge on any atom is -0.122 e. The van der Waals surface area contributed by atoms with E-state index in [4.69, 9.17) is 46.4 Å². The van der Waals surface area contributed by atoms with E-state index in [1.807, 2.05) is 0 Å². The lowest BCUT2D eigenvalue weighted by Gasteiger charge is -2.03. The zero-order valence-corrected chi connectivity index (χ0v) is 14.8. The maximum Gasteiger partial charge on any atom is 0.203 e. The van der Waals surface area contributed by atoms with Crippen molar-refractivity contribution in [3.8, 4) is 0 Å². The summed E-state index contributed by atoms with van der Waals surface area (Å²) in [7, 11) is 0. The number of alkyl halides is 8. The molecule has 0 heterocycles. The standard InChI is InChI=1S/C2H2Br4.C2H2Cl4/c2*3-1-2(4,5)6/h2*1H2. The van der Waals surface area contributed by atoms with Crippen molar-refractivity contribution < 1.29 is 0 Å². The van der Waals surface area contributed by atoms with Crippen molar-refractivity contribution in [2.75, 3.05) is 11.2 Å². The van der Waals surface area contributed by atoms with Crippen LogP contribution in [-0.4, -0.2) is 17.1 Å². The Morgan fingerprint density at radius 2 is 1.17 bits per heavy atom. The fourth-order valence-electron chi connectivity index (χ4n) is 0. The van der Waals surface area contributed by atoms with Crippen molar-refractivity contribution in [3.05, 3.63) is 0 Å². The molecule has 0 N–H and O–H groups in total. The zero-order valence-electron chi connectivity index (χ0n) is 5.44. The second-order valence-electron chi connectivity index (χ2n) is 1.50. The van der Waals surface area contributed by atoms with E-state index in [-0.39, 0.29) is 8.02 Å². The summed E-state index contributed by atoms with van der Waals surface area (Å²) in [5, 5.41) is 0.833. The summed E-state index contributed by atoms with van der Waals surface area (Å²) in [6.07, 6.45) is 0. The van der Waals surface area contributed by atoms with Gasteiger partial charge in [0.1, 0.15) is 2.14 Å². The molecule has 0 atom stereocenters. The van der Waals surface area contributed by atoms with E-state index in [0.29, 0.717) is 0 Å². The summed E-state index contributed by atoms with van der Waals surface area (Å²) in [6, 6.07) is 0. The Kier molecular flexibility index (Phi) is 12.0. The molecule has 0 amide bonds. The number of hydrogen-bond acceptors (Lipinski definition) is 0. The first-order valence-corrected chi connectivity index (χ1v) is 7.54. The van der Waals surface area contributed by atoms with Gasteiger partial charge in [-0.15, -0.1) is 11.6 Å². The van der Waals surface area contributed by atoms with Crippen LogP contribution in [0.1, 0.15) is 0 Å². The molecule has 12 heavy (non-hydrogen) atoms. The normalized spacial score (nSPS) is 12.0. The molecule has 76 valence electrons. The summed E-state index contributed by atoms with van der Waals surface area (Å²) in [5.41, 5.74) is 0. The fraction of sp³-hybridized carbons (Fsp3) is 1.00. The predicted octanol–water partition coefficient (Wildman–Crippen LogP) is 5.82. The number of hydrogen-bond donors (Lipinski definition) is 0. The van der Waals surface area contributed by atoms with Crippen molar-refractivity contribution >= 4 is 110 Å². The second kappa shape index (κ2) is 8.26. The average Bonchev–Trinajstić information content (AvgIpc) is 1.86. The summed E-state index contributed by atoms with van der Waals surface area (Å²) < 4.78 is -1.38. The molecule has 0 fully saturated rings. The van der Waals surface area contributed by atoms with Crippen molar-refractivity contribution in [2.45, 2.75) is 5.94 Å². The van der Waals surface area contributed by atoms with Crippen molar-refractivity contribution in [1.82, 2.24) is 0 Å². The van der Waals surface area contributed by atoms with Crippen LogP contribution in [0, 0.1) is 0 Å². The molecule has 0 spiro atoms. The quantitative estimate of drug-likeness (QED) is 0.359. The Morgan fingerprint density at radius 3 is 1.17 bits per heavy atom. The van der Waals surface area contributed by atoms with Gasteiger partial charge in [-0.2, -0.15) is 0 Å². The van der Waals surface area contributed by atoms with Gasteiger partial charge < -0.3 is 0 Å². The summed E-state index contributed by atoms with van der Waals surface area (Å²) in [6.45, 7) is 0. The highest BCUT2D eigenvalue weighted by Gasteiger charge is 2.16. The predicted molar refractivity (Wildman–Crippen MR) is 74.3 cm³/mol. The molecular weight excluding hydrogens is 509 g/mol. The molecule has 0 nitrogen and oxygen atoms in total. The van der Waals surface area contributed by atoms with Crippen LogP contribution in [0.2, 0.25) is 0 Å². The van der Waals surface area contributed by atoms with Gasteiger partial charge in [0.15, 0.2) is 0 Å². The van der Waals surface area contributed by atoms with Gasteiger partial charge >= 0.3 is 0 Å². The number of rotatable bonds is 0. The first kappa shape index (κ1) is 17.5. The molecule has 0 aliphatic carbocycles. The Morgan fingerprint density at radius 1 is 1.00 bits per heavy atom. The SMILES string of the molecule is BrCC(Br)(Br)Br.ClCC(Cl)(Cl)Cl. The van der Waals surface area contributed by atoms with Crippen LogP contribution in [0.3, 0.4) is 0 Å². The van der Waals surface area contributed by atoms with E-state index in [9.17, 15) is 0 Å². The molecule has 0 aromatic carbocycles. The zero-order chi connectivity index (χ0) is 10.4. The van der Waals surface area contributed by atoms with Crippen LogP contribution >= 0.6 is 110 Å². The third-order valence-corrected chi connectivity index (χ3v) is 5.45. The third-order valence-electron chi connectivity index (χ3n) is 0.303. The van der Waals surface area contributed by atoms with E-state index < -0.39 is 3.79 Å². The Balaban J connectivity index is 0. The van der Waals surface area contributed by atoms with Gasteiger partial charge in [-0.25, -0.2) is 0 Å². The Hall–Kier alpha value is 3.08. The van der Waals surface area contributed by atoms with E-state index >= 15 is 0 Å². The minimum atomic E-state index is -1.28. The summed E-state index contributed by atoms with van der Waals surface area (Å²) in [5.74, 6) is 0.0394. The maximum atomic E-state index is 5.12. The second-order valence-corrected chi connectivity index (χ2v) is 12.1. The molecule has 0 unspecified atom stereocenters. The first-order chi connectivity index (χ1) is 5.12. The molecule has 0 aromatic rings. The van der Waals surface area contributed by atoms with Crippen molar-refractivity contribution in [3.63, 3.8) is 0 Å². The smallest absolute Gasteiger partial charge is 0.122 e. The molecule has 0 saturated carbocycles. The van der Waals surface area contributed by atoms with Crippen LogP contribution in [0.25, 0.3) is 0 Å². The van der Waals surface area contributed by atoms with Crippen LogP contribution < -0.4 is 0 Å². The van der Waals surface area contributed by atoms with E-state index in [1.54, 1.807) is 0 Å². The van der Waals surface area contributed by atoms with Gasteiger partial charge in [-0.05, 0) is 0 Å². The van der Waals surface area contributed by atoms with Gasteiger partial charge in [-0.3, -0.25) is 0 Å². The Bertz CT molecular complexity index is 92.6. The monoisotopic (exact) mass is 508 g/mol. The lowest BCUT2D eigenvalue weighted by molar-refractivity contribution is 1.28. The van der Waals surface area contributed by atoms with Crippen LogP contribution in [0.4, 0.5) is 0 Å². The van der Waals surface area contributed by atoms with E-state index in [2.05, 4.69) is 63.7 Å². The molecule has 0 bridgehead atoms. The topological polar surface area (TPSA) is 0 Å². The van der Waals surface area contributed by atoms with E-state index in [0.717, 1.165) is 5.33 Å². The van der Waals surface area contributed by atoms with Crippen LogP contribution in [0.5, 0.6) is 0 Å². The van der Waals surface area contributed by atoms with Gasteiger partial charge in [0.25, 0.3) is 0 Å². The largest absolute Gasteiger partial charge is 0.203 e. The van der Waals surface area contributed by atoms with Gasteiger partial charge in [0.2, 0.25) is 3.79 Å². The number of halogens is 8. The maximum absolute atomic E-state index is 5.12. The van der Waals surface area contributed by atoms with Crippen molar-refractivity contribution in [2.24, 2.45) is 0 Å². The molecule has 0 aliphatic rings. The van der Waals surface area contributed by atoms with Gasteiger partial charge in [-0.1, -0.05) is 98.5 Å². The van der Waals surface area contributed by atoms with E-state index in [1.165, 1.54) is 0 Å². The van der Waals surface area contributed by atoms with Crippen molar-refractivity contribution in [1.29, 1.82) is 0 Å². The fourth-order valence-corrected chi connectivity index (χ4v) is 0. The molecule has 0 rings (SSSR count). The van der Waals surface area contributed by atoms with Crippen LogP contribution in [0.15, 0.2) is 0 Å². The molecule has 0 aromatic heterocycles. The average molecular weight is 514 g/mol.